The molecule has 0 radical (unpaired) electrons. The lowest BCUT2D eigenvalue weighted by molar-refractivity contribution is 0.0603. The first-order chi connectivity index (χ1) is 4.61. The molecule has 0 bridgehead atoms. The van der Waals surface area contributed by atoms with Gasteiger partial charge < -0.3 is 0 Å². The van der Waals surface area contributed by atoms with Gasteiger partial charge in [-0.15, -0.1) is 0 Å². The number of halogens is 2. The molecule has 0 spiro atoms. The Morgan fingerprint density at radius 2 is 1.40 bits per heavy atom. The molecule has 2 unspecified atom stereocenters. The monoisotopic (exact) mass is 148 g/mol. The van der Waals surface area contributed by atoms with Crippen molar-refractivity contribution in [2.75, 3.05) is 0 Å². The Hall–Kier alpha value is -0.140. The minimum Gasteiger partial charge on any atom is -0.247 e. The molecule has 0 nitrogen and oxygen atoms in total. The largest absolute Gasteiger partial charge is 0.247 e. The van der Waals surface area contributed by atoms with Crippen molar-refractivity contribution in [1.82, 2.24) is 0 Å². The van der Waals surface area contributed by atoms with Crippen LogP contribution in [0.4, 0.5) is 8.78 Å². The summed E-state index contributed by atoms with van der Waals surface area (Å²) >= 11 is 0. The van der Waals surface area contributed by atoms with Gasteiger partial charge in [0.2, 0.25) is 0 Å². The van der Waals surface area contributed by atoms with Gasteiger partial charge in [-0.1, -0.05) is 13.8 Å². The molecule has 0 aromatic heterocycles. The third kappa shape index (κ3) is 1.47. The number of alkyl halides is 2. The van der Waals surface area contributed by atoms with Crippen molar-refractivity contribution in [3.63, 3.8) is 0 Å². The second kappa shape index (κ2) is 2.85. The van der Waals surface area contributed by atoms with Crippen LogP contribution in [0.25, 0.3) is 0 Å². The van der Waals surface area contributed by atoms with E-state index in [0.29, 0.717) is 12.8 Å². The molecule has 10 heavy (non-hydrogen) atoms. The Bertz CT molecular complexity index is 102. The molecule has 1 fully saturated rings. The molecule has 2 heteroatoms. The van der Waals surface area contributed by atoms with Gasteiger partial charge in [0, 0.05) is 5.92 Å². The molecule has 0 N–H and O–H groups in total. The second-order valence-corrected chi connectivity index (χ2v) is 3.47. The zero-order valence-electron chi connectivity index (χ0n) is 6.48. The molecule has 0 saturated heterocycles. The highest BCUT2D eigenvalue weighted by molar-refractivity contribution is 4.82. The summed E-state index contributed by atoms with van der Waals surface area (Å²) in [6.07, 6.45) is -0.749. The van der Waals surface area contributed by atoms with Crippen molar-refractivity contribution < 1.29 is 8.78 Å². The summed E-state index contributed by atoms with van der Waals surface area (Å²) in [5, 5.41) is 0. The van der Waals surface area contributed by atoms with E-state index in [-0.39, 0.29) is 11.8 Å². The molecule has 0 aromatic carbocycles. The van der Waals surface area contributed by atoms with Gasteiger partial charge in [0.25, 0.3) is 0 Å². The summed E-state index contributed by atoms with van der Waals surface area (Å²) in [6, 6.07) is 0. The second-order valence-electron chi connectivity index (χ2n) is 3.47. The summed E-state index contributed by atoms with van der Waals surface area (Å²) in [4.78, 5) is 0. The molecular weight excluding hydrogens is 134 g/mol. The van der Waals surface area contributed by atoms with E-state index in [2.05, 4.69) is 0 Å². The Morgan fingerprint density at radius 1 is 1.00 bits per heavy atom. The summed E-state index contributed by atoms with van der Waals surface area (Å²) in [7, 11) is 0. The smallest absolute Gasteiger partial charge is 0.106 e. The summed E-state index contributed by atoms with van der Waals surface area (Å²) < 4.78 is 25.7. The van der Waals surface area contributed by atoms with Crippen LogP contribution in [0.5, 0.6) is 0 Å². The molecule has 60 valence electrons. The van der Waals surface area contributed by atoms with E-state index >= 15 is 0 Å². The molecule has 1 rings (SSSR count). The van der Waals surface area contributed by atoms with E-state index in [0.717, 1.165) is 0 Å². The summed E-state index contributed by atoms with van der Waals surface area (Å²) in [6.45, 7) is 3.56. The first-order valence-corrected chi connectivity index (χ1v) is 3.89. The minimum atomic E-state index is -0.918. The maximum Gasteiger partial charge on any atom is 0.106 e. The Balaban J connectivity index is 2.49. The van der Waals surface area contributed by atoms with Crippen LogP contribution < -0.4 is 0 Å². The normalized spacial score (nSPS) is 49.2. The van der Waals surface area contributed by atoms with Crippen LogP contribution in [-0.4, -0.2) is 12.3 Å². The fraction of sp³-hybridized carbons (Fsp3) is 1.00. The molecule has 1 aliphatic rings. The van der Waals surface area contributed by atoms with Crippen molar-refractivity contribution >= 4 is 0 Å². The van der Waals surface area contributed by atoms with Crippen molar-refractivity contribution in [2.45, 2.75) is 39.0 Å². The van der Waals surface area contributed by atoms with Gasteiger partial charge >= 0.3 is 0 Å². The molecular formula is C8H14F2. The highest BCUT2D eigenvalue weighted by Gasteiger charge is 2.33. The van der Waals surface area contributed by atoms with Crippen LogP contribution in [0.3, 0.4) is 0 Å². The van der Waals surface area contributed by atoms with E-state index in [1.54, 1.807) is 6.92 Å². The molecule has 1 aliphatic carbocycles. The van der Waals surface area contributed by atoms with Gasteiger partial charge in [-0.3, -0.25) is 0 Å². The third-order valence-electron chi connectivity index (χ3n) is 2.40. The fourth-order valence-electron chi connectivity index (χ4n) is 1.52. The Labute approximate surface area is 60.6 Å². The van der Waals surface area contributed by atoms with Crippen LogP contribution in [0.15, 0.2) is 0 Å². The molecule has 0 aliphatic heterocycles. The summed E-state index contributed by atoms with van der Waals surface area (Å²) in [5.41, 5.74) is 0. The molecule has 2 atom stereocenters. The predicted octanol–water partition coefficient (Wildman–Crippen LogP) is 2.73. The van der Waals surface area contributed by atoms with Gasteiger partial charge in [-0.05, 0) is 18.8 Å². The average Bonchev–Trinajstić information content (AvgIpc) is 1.82. The van der Waals surface area contributed by atoms with E-state index < -0.39 is 12.3 Å². The van der Waals surface area contributed by atoms with Gasteiger partial charge in [-0.25, -0.2) is 8.78 Å². The zero-order chi connectivity index (χ0) is 7.72. The van der Waals surface area contributed by atoms with E-state index in [9.17, 15) is 8.78 Å². The van der Waals surface area contributed by atoms with Crippen LogP contribution in [0.1, 0.15) is 26.7 Å². The predicted molar refractivity (Wildman–Crippen MR) is 37.4 cm³/mol. The lowest BCUT2D eigenvalue weighted by Gasteiger charge is -2.30. The quantitative estimate of drug-likeness (QED) is 0.495. The van der Waals surface area contributed by atoms with Crippen LogP contribution in [-0.2, 0) is 0 Å². The van der Waals surface area contributed by atoms with E-state index in [1.165, 1.54) is 0 Å². The van der Waals surface area contributed by atoms with Crippen molar-refractivity contribution in [3.05, 3.63) is 0 Å². The van der Waals surface area contributed by atoms with Gasteiger partial charge in [-0.2, -0.15) is 0 Å². The number of hydrogen-bond donors (Lipinski definition) is 0. The topological polar surface area (TPSA) is 0 Å². The summed E-state index contributed by atoms with van der Waals surface area (Å²) in [5.74, 6) is -0.155. The third-order valence-corrected chi connectivity index (χ3v) is 2.40. The minimum absolute atomic E-state index is 0.223. The molecule has 0 heterocycles. The van der Waals surface area contributed by atoms with Crippen LogP contribution >= 0.6 is 0 Å². The SMILES string of the molecule is CC1CC(F)C(C)C(F)C1. The van der Waals surface area contributed by atoms with Gasteiger partial charge in [0.15, 0.2) is 0 Å². The maximum absolute atomic E-state index is 12.8. The molecule has 0 aromatic rings. The van der Waals surface area contributed by atoms with E-state index in [4.69, 9.17) is 0 Å². The zero-order valence-corrected chi connectivity index (χ0v) is 6.48. The fourth-order valence-corrected chi connectivity index (χ4v) is 1.52. The first-order valence-electron chi connectivity index (χ1n) is 3.89. The number of hydrogen-bond acceptors (Lipinski definition) is 0. The van der Waals surface area contributed by atoms with Gasteiger partial charge in [0.05, 0.1) is 0 Å². The van der Waals surface area contributed by atoms with Crippen LogP contribution in [0.2, 0.25) is 0 Å². The van der Waals surface area contributed by atoms with Crippen molar-refractivity contribution in [2.24, 2.45) is 11.8 Å². The lowest BCUT2D eigenvalue weighted by Crippen LogP contribution is -2.32. The standard InChI is InChI=1S/C8H14F2/c1-5-3-7(9)6(2)8(10)4-5/h5-8H,3-4H2,1-2H3. The Kier molecular flexibility index (Phi) is 2.27. The molecule has 0 amide bonds. The molecule has 1 saturated carbocycles. The Morgan fingerprint density at radius 3 is 1.80 bits per heavy atom. The van der Waals surface area contributed by atoms with Crippen molar-refractivity contribution in [3.8, 4) is 0 Å². The maximum atomic E-state index is 12.8. The highest BCUT2D eigenvalue weighted by atomic mass is 19.1. The lowest BCUT2D eigenvalue weighted by atomic mass is 9.81. The average molecular weight is 148 g/mol. The van der Waals surface area contributed by atoms with Crippen molar-refractivity contribution in [1.29, 1.82) is 0 Å². The van der Waals surface area contributed by atoms with Crippen LogP contribution in [0, 0.1) is 11.8 Å². The highest BCUT2D eigenvalue weighted by Crippen LogP contribution is 2.32. The first kappa shape index (κ1) is 7.96. The number of rotatable bonds is 0. The van der Waals surface area contributed by atoms with E-state index in [1.807, 2.05) is 6.92 Å². The van der Waals surface area contributed by atoms with Gasteiger partial charge in [0.1, 0.15) is 12.3 Å².